The number of rotatable bonds is 1. The average molecular weight is 64.1 g/mol. The summed E-state index contributed by atoms with van der Waals surface area (Å²) in [4.78, 5) is 0. The summed E-state index contributed by atoms with van der Waals surface area (Å²) in [7, 11) is 0. The van der Waals surface area contributed by atoms with E-state index in [4.69, 9.17) is 5.48 Å². The third kappa shape index (κ3) is 1.92. The zero-order valence-electron chi connectivity index (χ0n) is 6.15. The lowest BCUT2D eigenvalue weighted by molar-refractivity contribution is 0.976. The maximum atomic E-state index is 6.53. The first-order chi connectivity index (χ1) is 3.25. The maximum Gasteiger partial charge on any atom is 0.0439 e. The number of hydrogen-bond acceptors (Lipinski definition) is 2. The minimum absolute atomic E-state index is 2.45. The second kappa shape index (κ2) is 2.92. The molecule has 0 spiro atoms. The van der Waals surface area contributed by atoms with Crippen LogP contribution in [0.3, 0.4) is 0 Å². The van der Waals surface area contributed by atoms with Crippen molar-refractivity contribution in [3.8, 4) is 0 Å². The molecule has 26 valence electrons. The Morgan fingerprint density at radius 3 is 1.75 bits per heavy atom. The summed E-state index contributed by atoms with van der Waals surface area (Å²) < 4.78 is 26.1. The van der Waals surface area contributed by atoms with E-state index in [1.807, 2.05) is 0 Å². The van der Waals surface area contributed by atoms with Gasteiger partial charge >= 0.3 is 0 Å². The Balaban J connectivity index is 4.02. The molecule has 0 saturated carbocycles. The van der Waals surface area contributed by atoms with Crippen LogP contribution in [0, 0.1) is 0 Å². The fraction of sp³-hybridized carbons (Fsp3) is 1.00. The van der Waals surface area contributed by atoms with Gasteiger partial charge in [0.1, 0.15) is 0 Å². The van der Waals surface area contributed by atoms with Gasteiger partial charge in [-0.1, -0.05) is 0 Å². The van der Waals surface area contributed by atoms with Crippen molar-refractivity contribution in [1.82, 2.24) is 0 Å². The van der Waals surface area contributed by atoms with Crippen LogP contribution in [0.25, 0.3) is 0 Å². The van der Waals surface area contributed by atoms with Crippen molar-refractivity contribution < 1.29 is 5.48 Å². The van der Waals surface area contributed by atoms with E-state index < -0.39 is 13.0 Å². The van der Waals surface area contributed by atoms with Gasteiger partial charge in [-0.05, 0) is 0 Å². The van der Waals surface area contributed by atoms with Crippen molar-refractivity contribution >= 4 is 0 Å². The quantitative estimate of drug-likeness (QED) is 0.407. The highest BCUT2D eigenvalue weighted by Gasteiger charge is 1.54. The van der Waals surface area contributed by atoms with E-state index in [2.05, 4.69) is 11.5 Å². The minimum atomic E-state index is -2.45. The fourth-order valence-electron chi connectivity index (χ4n) is 0. The van der Waals surface area contributed by atoms with Crippen LogP contribution in [-0.4, -0.2) is 13.0 Å². The summed E-state index contributed by atoms with van der Waals surface area (Å²) in [5.41, 5.74) is 9.29. The molecule has 0 atom stereocenters. The topological polar surface area (TPSA) is 52.0 Å². The normalized spacial score (nSPS) is 29.5. The van der Waals surface area contributed by atoms with Gasteiger partial charge in [-0.15, -0.1) is 0 Å². The van der Waals surface area contributed by atoms with Gasteiger partial charge in [-0.3, -0.25) is 0 Å². The van der Waals surface area contributed by atoms with Crippen LogP contribution in [0.5, 0.6) is 0 Å². The molecule has 0 aliphatic carbocycles. The highest BCUT2D eigenvalue weighted by Crippen LogP contribution is 1.24. The molecule has 0 aliphatic heterocycles. The molecule has 2 heteroatoms. The van der Waals surface area contributed by atoms with Gasteiger partial charge in [0.2, 0.25) is 0 Å². The predicted octanol–water partition coefficient (Wildman–Crippen LogP) is -1.10. The van der Waals surface area contributed by atoms with Crippen LogP contribution in [0.1, 0.15) is 5.48 Å². The Morgan fingerprint density at radius 2 is 1.75 bits per heavy atom. The monoisotopic (exact) mass is 64.1 g/mol. The molecule has 2 nitrogen and oxygen atoms in total. The Morgan fingerprint density at radius 1 is 1.50 bits per heavy atom. The fourth-order valence-corrected chi connectivity index (χ4v) is 0. The molecule has 0 fully saturated rings. The molecule has 0 aliphatic rings. The van der Waals surface area contributed by atoms with Gasteiger partial charge in [0.05, 0.1) is 0 Å². The van der Waals surface area contributed by atoms with Gasteiger partial charge in [-0.25, -0.2) is 0 Å². The molecule has 0 unspecified atom stereocenters. The maximum absolute atomic E-state index is 6.53. The lowest BCUT2D eigenvalue weighted by atomic mass is 10.7. The molecule has 4 N–H and O–H groups in total. The molecule has 4 heavy (non-hydrogen) atoms. The zero-order chi connectivity index (χ0) is 7.00. The summed E-state index contributed by atoms with van der Waals surface area (Å²) in [5.74, 6) is 0. The van der Waals surface area contributed by atoms with Gasteiger partial charge in [0, 0.05) is 18.5 Å². The zero-order valence-corrected chi connectivity index (χ0v) is 2.15. The Bertz CT molecular complexity index is 67.0. The van der Waals surface area contributed by atoms with Crippen molar-refractivity contribution in [2.45, 2.75) is 0 Å². The first kappa shape index (κ1) is 0.698. The molecular formula is C2H8N2. The molecule has 0 saturated heterocycles. The molecule has 0 aromatic heterocycles. The van der Waals surface area contributed by atoms with E-state index in [0.29, 0.717) is 0 Å². The first-order valence-corrected chi connectivity index (χ1v) is 0.827. The third-order valence-electron chi connectivity index (χ3n) is 0.0833. The number of hydrogen-bond donors (Lipinski definition) is 2. The Labute approximate surface area is 31.4 Å². The molecule has 0 heterocycles. The predicted molar refractivity (Wildman–Crippen MR) is 18.1 cm³/mol. The second-order valence-electron chi connectivity index (χ2n) is 0.289. The van der Waals surface area contributed by atoms with Crippen molar-refractivity contribution in [2.75, 3.05) is 13.0 Å². The number of nitrogens with two attached hydrogens (primary N) is 2. The highest BCUT2D eigenvalue weighted by molar-refractivity contribution is 4.26. The largest absolute Gasteiger partial charge is 0.329 e. The van der Waals surface area contributed by atoms with Gasteiger partial charge in [0.15, 0.2) is 0 Å². The Hall–Kier alpha value is -0.0800. The van der Waals surface area contributed by atoms with Crippen molar-refractivity contribution in [1.29, 1.82) is 0 Å². The molecule has 0 rings (SSSR count). The summed E-state index contributed by atoms with van der Waals surface area (Å²) in [5, 5.41) is 0. The molecule has 0 amide bonds. The van der Waals surface area contributed by atoms with E-state index in [9.17, 15) is 0 Å². The van der Waals surface area contributed by atoms with Gasteiger partial charge in [-0.2, -0.15) is 0 Å². The lowest BCUT2D eigenvalue weighted by Crippen LogP contribution is -2.11. The Kier molecular flexibility index (Phi) is 0.510. The van der Waals surface area contributed by atoms with Crippen molar-refractivity contribution in [2.24, 2.45) is 11.5 Å². The van der Waals surface area contributed by atoms with Crippen LogP contribution in [-0.2, 0) is 0 Å². The van der Waals surface area contributed by atoms with Crippen LogP contribution in [0.2, 0.25) is 0 Å². The van der Waals surface area contributed by atoms with E-state index in [-0.39, 0.29) is 0 Å². The molecule has 0 aromatic carbocycles. The van der Waals surface area contributed by atoms with Crippen molar-refractivity contribution in [3.05, 3.63) is 0 Å². The van der Waals surface area contributed by atoms with Gasteiger partial charge < -0.3 is 11.5 Å². The second-order valence-corrected chi connectivity index (χ2v) is 0.289. The summed E-state index contributed by atoms with van der Waals surface area (Å²) in [6.45, 7) is -4.90. The van der Waals surface area contributed by atoms with Crippen LogP contribution < -0.4 is 11.5 Å². The molecule has 0 radical (unpaired) electrons. The minimum Gasteiger partial charge on any atom is -0.329 e. The first-order valence-electron chi connectivity index (χ1n) is 2.83. The molecule has 0 aromatic rings. The van der Waals surface area contributed by atoms with E-state index in [1.54, 1.807) is 0 Å². The summed E-state index contributed by atoms with van der Waals surface area (Å²) in [6.07, 6.45) is 0. The van der Waals surface area contributed by atoms with Crippen LogP contribution in [0.15, 0.2) is 0 Å². The van der Waals surface area contributed by atoms with Crippen molar-refractivity contribution in [3.63, 3.8) is 0 Å². The third-order valence-corrected chi connectivity index (χ3v) is 0.0833. The van der Waals surface area contributed by atoms with E-state index >= 15 is 0 Å². The lowest BCUT2D eigenvalue weighted by Gasteiger charge is -1.72. The SMILES string of the molecule is [2H]C([2H])(N)C([2H])([2H])N. The van der Waals surface area contributed by atoms with E-state index in [1.165, 1.54) is 0 Å². The summed E-state index contributed by atoms with van der Waals surface area (Å²) >= 11 is 0. The smallest absolute Gasteiger partial charge is 0.0439 e. The van der Waals surface area contributed by atoms with E-state index in [0.717, 1.165) is 0 Å². The van der Waals surface area contributed by atoms with Crippen LogP contribution >= 0.6 is 0 Å². The molecule has 0 bridgehead atoms. The summed E-state index contributed by atoms with van der Waals surface area (Å²) in [6, 6.07) is 0. The average Bonchev–Trinajstić information content (AvgIpc) is 1.25. The standard InChI is InChI=1S/C2H8N2/c3-1-2-4/h1-4H2/i1D2,2D2. The molecular weight excluding hydrogens is 52.0 g/mol. The van der Waals surface area contributed by atoms with Crippen LogP contribution in [0.4, 0.5) is 0 Å². The van der Waals surface area contributed by atoms with Gasteiger partial charge in [0.25, 0.3) is 0 Å². The highest BCUT2D eigenvalue weighted by atomic mass is 14.6.